The van der Waals surface area contributed by atoms with Crippen LogP contribution in [0.4, 0.5) is 0 Å². The van der Waals surface area contributed by atoms with Crippen molar-refractivity contribution in [1.29, 1.82) is 0 Å². The molecule has 1 rings (SSSR count). The predicted molar refractivity (Wildman–Crippen MR) is 68.7 cm³/mol. The van der Waals surface area contributed by atoms with Gasteiger partial charge in [0.05, 0.1) is 5.60 Å². The largest absolute Gasteiger partial charge is 0.389 e. The van der Waals surface area contributed by atoms with E-state index in [4.69, 9.17) is 0 Å². The van der Waals surface area contributed by atoms with Crippen LogP contribution in [0.3, 0.4) is 0 Å². The molecular formula is C13H28N2O. The zero-order valence-corrected chi connectivity index (χ0v) is 11.1. The smallest absolute Gasteiger partial charge is 0.0715 e. The van der Waals surface area contributed by atoms with Crippen LogP contribution >= 0.6 is 0 Å². The van der Waals surface area contributed by atoms with E-state index in [1.165, 1.54) is 38.8 Å². The van der Waals surface area contributed by atoms with E-state index < -0.39 is 5.60 Å². The number of piperidine rings is 1. The first kappa shape index (κ1) is 13.9. The molecule has 1 heterocycles. The van der Waals surface area contributed by atoms with Gasteiger partial charge in [0.2, 0.25) is 0 Å². The second-order valence-corrected chi connectivity index (χ2v) is 5.72. The Balaban J connectivity index is 2.02. The summed E-state index contributed by atoms with van der Waals surface area (Å²) in [5, 5.41) is 12.8. The first-order valence-corrected chi connectivity index (χ1v) is 6.66. The fourth-order valence-electron chi connectivity index (χ4n) is 2.29. The van der Waals surface area contributed by atoms with Gasteiger partial charge < -0.3 is 15.3 Å². The van der Waals surface area contributed by atoms with Crippen LogP contribution in [0.1, 0.15) is 46.5 Å². The third kappa shape index (κ3) is 5.83. The highest BCUT2D eigenvalue weighted by Crippen LogP contribution is 2.15. The molecule has 96 valence electrons. The van der Waals surface area contributed by atoms with Crippen LogP contribution in [-0.2, 0) is 0 Å². The lowest BCUT2D eigenvalue weighted by Crippen LogP contribution is -2.40. The maximum atomic E-state index is 9.53. The molecule has 0 saturated carbocycles. The summed E-state index contributed by atoms with van der Waals surface area (Å²) in [6, 6.07) is 0.767. The number of aliphatic hydroxyl groups is 1. The average Bonchev–Trinajstić information content (AvgIpc) is 2.18. The third-order valence-electron chi connectivity index (χ3n) is 3.30. The zero-order chi connectivity index (χ0) is 12.0. The van der Waals surface area contributed by atoms with Gasteiger partial charge in [-0.25, -0.2) is 0 Å². The Bertz CT molecular complexity index is 189. The molecule has 3 nitrogen and oxygen atoms in total. The summed E-state index contributed by atoms with van der Waals surface area (Å²) >= 11 is 0. The SMILES string of the molecule is CC1CCCCN1CCCNCC(C)(C)O. The summed E-state index contributed by atoms with van der Waals surface area (Å²) in [6.07, 6.45) is 5.30. The van der Waals surface area contributed by atoms with E-state index in [9.17, 15) is 5.11 Å². The lowest BCUT2D eigenvalue weighted by Gasteiger charge is -2.33. The summed E-state index contributed by atoms with van der Waals surface area (Å²) in [5.74, 6) is 0. The topological polar surface area (TPSA) is 35.5 Å². The number of nitrogens with zero attached hydrogens (tertiary/aromatic N) is 1. The van der Waals surface area contributed by atoms with E-state index in [1.54, 1.807) is 0 Å². The maximum Gasteiger partial charge on any atom is 0.0715 e. The highest BCUT2D eigenvalue weighted by Gasteiger charge is 2.17. The fraction of sp³-hybridized carbons (Fsp3) is 1.00. The molecule has 0 radical (unpaired) electrons. The van der Waals surface area contributed by atoms with Gasteiger partial charge in [-0.05, 0) is 59.7 Å². The van der Waals surface area contributed by atoms with Crippen LogP contribution in [0, 0.1) is 0 Å². The minimum Gasteiger partial charge on any atom is -0.389 e. The van der Waals surface area contributed by atoms with Gasteiger partial charge >= 0.3 is 0 Å². The maximum absolute atomic E-state index is 9.53. The van der Waals surface area contributed by atoms with Gasteiger partial charge in [0.15, 0.2) is 0 Å². The molecule has 16 heavy (non-hydrogen) atoms. The van der Waals surface area contributed by atoms with Crippen molar-refractivity contribution in [2.45, 2.75) is 58.1 Å². The van der Waals surface area contributed by atoms with Crippen LogP contribution in [0.2, 0.25) is 0 Å². The van der Waals surface area contributed by atoms with Crippen LogP contribution in [0.25, 0.3) is 0 Å². The van der Waals surface area contributed by atoms with E-state index in [0.717, 1.165) is 12.6 Å². The average molecular weight is 228 g/mol. The number of likely N-dealkylation sites (tertiary alicyclic amines) is 1. The lowest BCUT2D eigenvalue weighted by molar-refractivity contribution is 0.0792. The Labute approximate surface area is 100 Å². The molecule has 1 unspecified atom stereocenters. The number of rotatable bonds is 6. The molecule has 0 bridgehead atoms. The van der Waals surface area contributed by atoms with Crippen molar-refractivity contribution >= 4 is 0 Å². The highest BCUT2D eigenvalue weighted by molar-refractivity contribution is 4.73. The van der Waals surface area contributed by atoms with Crippen LogP contribution < -0.4 is 5.32 Å². The van der Waals surface area contributed by atoms with Gasteiger partial charge in [-0.3, -0.25) is 0 Å². The van der Waals surface area contributed by atoms with Crippen molar-refractivity contribution in [3.8, 4) is 0 Å². The molecule has 1 aliphatic heterocycles. The summed E-state index contributed by atoms with van der Waals surface area (Å²) < 4.78 is 0. The Hall–Kier alpha value is -0.120. The predicted octanol–water partition coefficient (Wildman–Crippen LogP) is 1.61. The van der Waals surface area contributed by atoms with Crippen molar-refractivity contribution < 1.29 is 5.11 Å². The Morgan fingerprint density at radius 3 is 2.75 bits per heavy atom. The summed E-state index contributed by atoms with van der Waals surface area (Å²) in [7, 11) is 0. The Kier molecular flexibility index (Phi) is 5.73. The number of nitrogens with one attached hydrogen (secondary N) is 1. The van der Waals surface area contributed by atoms with Gasteiger partial charge in [0, 0.05) is 12.6 Å². The highest BCUT2D eigenvalue weighted by atomic mass is 16.3. The van der Waals surface area contributed by atoms with Crippen LogP contribution in [0.15, 0.2) is 0 Å². The van der Waals surface area contributed by atoms with Crippen molar-refractivity contribution in [3.05, 3.63) is 0 Å². The van der Waals surface area contributed by atoms with E-state index in [-0.39, 0.29) is 0 Å². The third-order valence-corrected chi connectivity index (χ3v) is 3.30. The summed E-state index contributed by atoms with van der Waals surface area (Å²) in [4.78, 5) is 2.59. The molecule has 0 aromatic carbocycles. The first-order valence-electron chi connectivity index (χ1n) is 6.66. The molecule has 0 aromatic rings. The molecule has 1 fully saturated rings. The van der Waals surface area contributed by atoms with Crippen molar-refractivity contribution in [2.24, 2.45) is 0 Å². The molecule has 1 aliphatic rings. The molecule has 2 N–H and O–H groups in total. The number of hydrogen-bond donors (Lipinski definition) is 2. The molecule has 0 amide bonds. The lowest BCUT2D eigenvalue weighted by atomic mass is 10.0. The monoisotopic (exact) mass is 228 g/mol. The summed E-state index contributed by atoms with van der Waals surface area (Å²) in [6.45, 7) is 10.2. The molecule has 0 aliphatic carbocycles. The van der Waals surface area contributed by atoms with Crippen LogP contribution in [0.5, 0.6) is 0 Å². The zero-order valence-electron chi connectivity index (χ0n) is 11.1. The second kappa shape index (κ2) is 6.58. The Morgan fingerprint density at radius 2 is 2.12 bits per heavy atom. The van der Waals surface area contributed by atoms with E-state index >= 15 is 0 Å². The van der Waals surface area contributed by atoms with Gasteiger partial charge in [-0.15, -0.1) is 0 Å². The minimum atomic E-state index is -0.585. The quantitative estimate of drug-likeness (QED) is 0.678. The molecule has 1 saturated heterocycles. The van der Waals surface area contributed by atoms with Crippen molar-refractivity contribution in [3.63, 3.8) is 0 Å². The Morgan fingerprint density at radius 1 is 1.38 bits per heavy atom. The van der Waals surface area contributed by atoms with Gasteiger partial charge in [0.25, 0.3) is 0 Å². The van der Waals surface area contributed by atoms with Crippen molar-refractivity contribution in [1.82, 2.24) is 10.2 Å². The van der Waals surface area contributed by atoms with Crippen molar-refractivity contribution in [2.75, 3.05) is 26.2 Å². The van der Waals surface area contributed by atoms with E-state index in [2.05, 4.69) is 17.1 Å². The molecule has 1 atom stereocenters. The standard InChI is InChI=1S/C13H28N2O/c1-12-7-4-5-9-15(12)10-6-8-14-11-13(2,3)16/h12,14,16H,4-11H2,1-3H3. The molecular weight excluding hydrogens is 200 g/mol. The van der Waals surface area contributed by atoms with Gasteiger partial charge in [0.1, 0.15) is 0 Å². The van der Waals surface area contributed by atoms with Crippen LogP contribution in [-0.4, -0.2) is 47.8 Å². The number of hydrogen-bond acceptors (Lipinski definition) is 3. The molecule has 3 heteroatoms. The van der Waals surface area contributed by atoms with Gasteiger partial charge in [-0.2, -0.15) is 0 Å². The minimum absolute atomic E-state index is 0.585. The van der Waals surface area contributed by atoms with Gasteiger partial charge in [-0.1, -0.05) is 6.42 Å². The van der Waals surface area contributed by atoms with E-state index in [1.807, 2.05) is 13.8 Å². The summed E-state index contributed by atoms with van der Waals surface area (Å²) in [5.41, 5.74) is -0.585. The molecule has 0 aromatic heterocycles. The fourth-order valence-corrected chi connectivity index (χ4v) is 2.29. The normalized spacial score (nSPS) is 23.6. The molecule has 0 spiro atoms. The first-order chi connectivity index (χ1) is 7.49. The second-order valence-electron chi connectivity index (χ2n) is 5.72. The van der Waals surface area contributed by atoms with E-state index in [0.29, 0.717) is 6.54 Å².